The van der Waals surface area contributed by atoms with Gasteiger partial charge in [-0.25, -0.2) is 0 Å². The average Bonchev–Trinajstić information content (AvgIpc) is 3.04. The zero-order valence-electron chi connectivity index (χ0n) is 25.7. The molecule has 2 rings (SSSR count). The number of rotatable bonds is 17. The Bertz CT molecular complexity index is 1410. The van der Waals surface area contributed by atoms with E-state index in [-0.39, 0.29) is 42.0 Å². The largest absolute Gasteiger partial charge is 0.508 e. The number of aliphatic hydroxyl groups excluding tert-OH is 5. The van der Waals surface area contributed by atoms with Gasteiger partial charge < -0.3 is 44.5 Å². The Morgan fingerprint density at radius 1 is 0.667 bits per heavy atom. The molecule has 12 nitrogen and oxygen atoms in total. The van der Waals surface area contributed by atoms with Gasteiger partial charge in [0, 0.05) is 6.08 Å². The summed E-state index contributed by atoms with van der Waals surface area (Å²) in [6, 6.07) is 9.17. The Morgan fingerprint density at radius 3 is 1.44 bits per heavy atom. The van der Waals surface area contributed by atoms with Crippen LogP contribution in [0.5, 0.6) is 23.0 Å². The van der Waals surface area contributed by atoms with Gasteiger partial charge in [0.1, 0.15) is 16.6 Å². The lowest BCUT2D eigenvalue weighted by Crippen LogP contribution is -2.38. The molecular weight excluding hydrogens is 588 g/mol. The first-order valence-electron chi connectivity index (χ1n) is 14.1. The zero-order valence-corrected chi connectivity index (χ0v) is 25.7. The Labute approximate surface area is 261 Å². The Kier molecular flexibility index (Phi) is 14.0. The highest BCUT2D eigenvalue weighted by Gasteiger charge is 2.35. The highest BCUT2D eigenvalue weighted by atomic mass is 16.6. The first-order valence-corrected chi connectivity index (χ1v) is 14.1. The normalized spacial score (nSPS) is 12.4. The van der Waals surface area contributed by atoms with Gasteiger partial charge >= 0.3 is 11.9 Å². The van der Waals surface area contributed by atoms with Crippen LogP contribution in [-0.4, -0.2) is 82.9 Å². The minimum absolute atomic E-state index is 0.0774. The SMILES string of the molecule is CCOc1cc(/C=C/C(=O)/C=C(O)/C=C/c2ccc(OC(=O)C(C)(CO)CO)c(OCC)c2)ccc1OC(=O)C(C)(CO)CO. The summed E-state index contributed by atoms with van der Waals surface area (Å²) in [5.41, 5.74) is -1.90. The third kappa shape index (κ3) is 10.3. The van der Waals surface area contributed by atoms with Crippen molar-refractivity contribution in [2.75, 3.05) is 39.6 Å². The van der Waals surface area contributed by atoms with Gasteiger partial charge in [0.05, 0.1) is 39.6 Å². The molecule has 0 aliphatic carbocycles. The third-order valence-corrected chi connectivity index (χ3v) is 6.50. The van der Waals surface area contributed by atoms with E-state index >= 15 is 0 Å². The summed E-state index contributed by atoms with van der Waals surface area (Å²) < 4.78 is 21.8. The molecule has 0 atom stereocenters. The van der Waals surface area contributed by atoms with Gasteiger partial charge in [0.25, 0.3) is 0 Å². The third-order valence-electron chi connectivity index (χ3n) is 6.50. The molecule has 0 fully saturated rings. The number of benzene rings is 2. The maximum atomic E-state index is 12.4. The average molecular weight is 629 g/mol. The maximum Gasteiger partial charge on any atom is 0.322 e. The molecule has 0 spiro atoms. The summed E-state index contributed by atoms with van der Waals surface area (Å²) in [5, 5.41) is 48.0. The van der Waals surface area contributed by atoms with Crippen molar-refractivity contribution >= 4 is 29.9 Å². The first-order chi connectivity index (χ1) is 21.4. The fraction of sp³-hybridized carbons (Fsp3) is 0.364. The predicted molar refractivity (Wildman–Crippen MR) is 165 cm³/mol. The van der Waals surface area contributed by atoms with E-state index in [2.05, 4.69) is 0 Å². The molecule has 0 aliphatic heterocycles. The summed E-state index contributed by atoms with van der Waals surface area (Å²) >= 11 is 0. The molecule has 0 heterocycles. The molecule has 45 heavy (non-hydrogen) atoms. The summed E-state index contributed by atoms with van der Waals surface area (Å²) in [5.74, 6) is -1.94. The standard InChI is InChI=1S/C33H40O12/c1-5-42-28-15-22(9-13-26(28)44-30(40)32(3,18-34)19-35)7-11-24(38)17-25(39)12-8-23-10-14-27(29(16-23)43-6-2)45-31(41)33(4,20-36)21-37/h7-17,34-38H,5-6,18-21H2,1-4H3/b11-7+,12-8+,24-17-. The van der Waals surface area contributed by atoms with Crippen molar-refractivity contribution in [3.05, 3.63) is 71.5 Å². The minimum Gasteiger partial charge on any atom is -0.508 e. The second-order valence-electron chi connectivity index (χ2n) is 10.4. The van der Waals surface area contributed by atoms with Crippen LogP contribution in [0, 0.1) is 10.8 Å². The van der Waals surface area contributed by atoms with Gasteiger partial charge in [0.2, 0.25) is 0 Å². The van der Waals surface area contributed by atoms with Gasteiger partial charge in [-0.1, -0.05) is 24.3 Å². The van der Waals surface area contributed by atoms with E-state index in [0.717, 1.165) is 6.08 Å². The van der Waals surface area contributed by atoms with Gasteiger partial charge in [0.15, 0.2) is 28.8 Å². The van der Waals surface area contributed by atoms with E-state index in [1.807, 2.05) is 0 Å². The molecule has 2 aromatic rings. The molecule has 0 amide bonds. The Balaban J connectivity index is 2.16. The predicted octanol–water partition coefficient (Wildman–Crippen LogP) is 3.01. The van der Waals surface area contributed by atoms with Crippen LogP contribution in [-0.2, 0) is 14.4 Å². The quantitative estimate of drug-likeness (QED) is 0.0567. The molecule has 0 saturated heterocycles. The summed E-state index contributed by atoms with van der Waals surface area (Å²) in [6.45, 7) is 4.27. The second kappa shape index (κ2) is 17.1. The van der Waals surface area contributed by atoms with Crippen molar-refractivity contribution in [2.24, 2.45) is 10.8 Å². The zero-order chi connectivity index (χ0) is 33.6. The lowest BCUT2D eigenvalue weighted by Gasteiger charge is -2.22. The number of esters is 2. The fourth-order valence-corrected chi connectivity index (χ4v) is 3.37. The molecular formula is C33H40O12. The van der Waals surface area contributed by atoms with Crippen LogP contribution in [0.25, 0.3) is 12.2 Å². The molecule has 0 saturated carbocycles. The fourth-order valence-electron chi connectivity index (χ4n) is 3.37. The van der Waals surface area contributed by atoms with Gasteiger partial charge in [-0.05, 0) is 75.2 Å². The van der Waals surface area contributed by atoms with Gasteiger partial charge in [-0.15, -0.1) is 0 Å². The lowest BCUT2D eigenvalue weighted by atomic mass is 9.93. The number of allylic oxidation sites excluding steroid dienone is 3. The topological polar surface area (TPSA) is 189 Å². The summed E-state index contributed by atoms with van der Waals surface area (Å²) in [6.07, 6.45) is 6.50. The smallest absolute Gasteiger partial charge is 0.322 e. The molecule has 2 aromatic carbocycles. The second-order valence-corrected chi connectivity index (χ2v) is 10.4. The van der Waals surface area contributed by atoms with Crippen LogP contribution < -0.4 is 18.9 Å². The van der Waals surface area contributed by atoms with E-state index < -0.39 is 55.0 Å². The molecule has 0 bridgehead atoms. The number of ketones is 1. The highest BCUT2D eigenvalue weighted by molar-refractivity contribution is 6.02. The Hall–Kier alpha value is -4.49. The van der Waals surface area contributed by atoms with E-state index in [4.69, 9.17) is 18.9 Å². The molecule has 12 heteroatoms. The molecule has 0 unspecified atom stereocenters. The van der Waals surface area contributed by atoms with Crippen molar-refractivity contribution in [1.82, 2.24) is 0 Å². The molecule has 5 N–H and O–H groups in total. The highest BCUT2D eigenvalue weighted by Crippen LogP contribution is 2.32. The number of ether oxygens (including phenoxy) is 4. The van der Waals surface area contributed by atoms with Gasteiger partial charge in [-0.3, -0.25) is 14.4 Å². The van der Waals surface area contributed by atoms with Crippen LogP contribution in [0.4, 0.5) is 0 Å². The Morgan fingerprint density at radius 2 is 1.07 bits per heavy atom. The van der Waals surface area contributed by atoms with Crippen LogP contribution in [0.1, 0.15) is 38.8 Å². The van der Waals surface area contributed by atoms with Crippen LogP contribution in [0.15, 0.2) is 60.4 Å². The molecule has 0 radical (unpaired) electrons. The number of carbonyl (C=O) groups is 3. The van der Waals surface area contributed by atoms with Crippen molar-refractivity contribution in [2.45, 2.75) is 27.7 Å². The minimum atomic E-state index is -1.49. The van der Waals surface area contributed by atoms with Crippen LogP contribution in [0.2, 0.25) is 0 Å². The molecule has 0 aliphatic rings. The number of hydrogen-bond donors (Lipinski definition) is 5. The lowest BCUT2D eigenvalue weighted by molar-refractivity contribution is -0.151. The van der Waals surface area contributed by atoms with Crippen molar-refractivity contribution in [1.29, 1.82) is 0 Å². The van der Waals surface area contributed by atoms with Crippen LogP contribution >= 0.6 is 0 Å². The van der Waals surface area contributed by atoms with Crippen molar-refractivity contribution < 1.29 is 58.9 Å². The van der Waals surface area contributed by atoms with Crippen molar-refractivity contribution in [3.8, 4) is 23.0 Å². The van der Waals surface area contributed by atoms with Crippen LogP contribution in [0.3, 0.4) is 0 Å². The van der Waals surface area contributed by atoms with E-state index in [1.54, 1.807) is 38.1 Å². The number of carbonyl (C=O) groups excluding carboxylic acids is 3. The van der Waals surface area contributed by atoms with E-state index in [0.29, 0.717) is 11.1 Å². The molecule has 244 valence electrons. The summed E-state index contributed by atoms with van der Waals surface area (Å²) in [7, 11) is 0. The molecule has 0 aromatic heterocycles. The number of aliphatic hydroxyl groups is 5. The first kappa shape index (κ1) is 36.7. The summed E-state index contributed by atoms with van der Waals surface area (Å²) in [4.78, 5) is 37.3. The van der Waals surface area contributed by atoms with Crippen molar-refractivity contribution in [3.63, 3.8) is 0 Å². The van der Waals surface area contributed by atoms with Gasteiger partial charge in [-0.2, -0.15) is 0 Å². The van der Waals surface area contributed by atoms with E-state index in [9.17, 15) is 39.9 Å². The van der Waals surface area contributed by atoms with E-state index in [1.165, 1.54) is 50.3 Å². The monoisotopic (exact) mass is 628 g/mol. The number of hydrogen-bond acceptors (Lipinski definition) is 12. The maximum absolute atomic E-state index is 12.4.